The highest BCUT2D eigenvalue weighted by molar-refractivity contribution is 5.96. The van der Waals surface area contributed by atoms with E-state index in [0.717, 1.165) is 48.1 Å². The Kier molecular flexibility index (Phi) is 5.83. The van der Waals surface area contributed by atoms with Crippen molar-refractivity contribution in [1.29, 1.82) is 0 Å². The number of ether oxygens (including phenoxy) is 1. The molecular weight excluding hydrogens is 421 g/mol. The average Bonchev–Trinajstić information content (AvgIpc) is 2.80. The van der Waals surface area contributed by atoms with Crippen molar-refractivity contribution in [3.05, 3.63) is 58.9 Å². The van der Waals surface area contributed by atoms with Gasteiger partial charge in [-0.1, -0.05) is 29.8 Å². The number of hydrogen-bond acceptors (Lipinski definition) is 4. The monoisotopic (exact) mass is 451 g/mol. The summed E-state index contributed by atoms with van der Waals surface area (Å²) in [7, 11) is 0. The normalized spacial score (nSPS) is 21.4. The van der Waals surface area contributed by atoms with Crippen LogP contribution in [0.2, 0.25) is 0 Å². The Balaban J connectivity index is 1.26. The minimum absolute atomic E-state index is 0.0254. The minimum atomic E-state index is -0.330. The second-order valence-corrected chi connectivity index (χ2v) is 9.46. The highest BCUT2D eigenvalue weighted by Gasteiger charge is 2.36. The topological polar surface area (TPSA) is 53.1 Å². The van der Waals surface area contributed by atoms with E-state index in [-0.39, 0.29) is 36.4 Å². The molecule has 6 nitrogen and oxygen atoms in total. The molecule has 33 heavy (non-hydrogen) atoms. The minimum Gasteiger partial charge on any atom is -0.444 e. The third-order valence-corrected chi connectivity index (χ3v) is 7.18. The molecular formula is C26H30FN3O3. The third kappa shape index (κ3) is 4.10. The van der Waals surface area contributed by atoms with Gasteiger partial charge >= 0.3 is 6.09 Å². The number of rotatable bonds is 3. The number of cyclic esters (lactones) is 1. The van der Waals surface area contributed by atoms with Gasteiger partial charge in [0.1, 0.15) is 12.4 Å². The Morgan fingerprint density at radius 2 is 1.91 bits per heavy atom. The number of carbonyl (C=O) groups is 2. The molecule has 0 bridgehead atoms. The Morgan fingerprint density at radius 1 is 1.12 bits per heavy atom. The van der Waals surface area contributed by atoms with Gasteiger partial charge in [-0.15, -0.1) is 0 Å². The van der Waals surface area contributed by atoms with Crippen LogP contribution in [0.4, 0.5) is 20.6 Å². The zero-order valence-electron chi connectivity index (χ0n) is 19.2. The van der Waals surface area contributed by atoms with Crippen LogP contribution in [-0.2, 0) is 22.6 Å². The lowest BCUT2D eigenvalue weighted by Gasteiger charge is -2.41. The maximum atomic E-state index is 14.6. The first kappa shape index (κ1) is 21.9. The number of carbonyl (C=O) groups excluding carboxylic acids is 2. The lowest BCUT2D eigenvalue weighted by atomic mass is 9.96. The number of hydrogen-bond donors (Lipinski definition) is 0. The van der Waals surface area contributed by atoms with Gasteiger partial charge in [0, 0.05) is 30.7 Å². The van der Waals surface area contributed by atoms with Crippen LogP contribution in [0.25, 0.3) is 0 Å². The Hall–Kier alpha value is -2.93. The second kappa shape index (κ2) is 8.78. The van der Waals surface area contributed by atoms with Gasteiger partial charge in [-0.2, -0.15) is 0 Å². The van der Waals surface area contributed by atoms with Crippen LogP contribution >= 0.6 is 0 Å². The van der Waals surface area contributed by atoms with Crippen molar-refractivity contribution in [2.24, 2.45) is 0 Å². The van der Waals surface area contributed by atoms with E-state index in [2.05, 4.69) is 11.0 Å². The fraction of sp³-hybridized carbons (Fsp3) is 0.462. The lowest BCUT2D eigenvalue weighted by Crippen LogP contribution is -2.52. The van der Waals surface area contributed by atoms with E-state index in [4.69, 9.17) is 4.74 Å². The summed E-state index contributed by atoms with van der Waals surface area (Å²) in [6.45, 7) is 5.99. The first-order chi connectivity index (χ1) is 15.9. The number of fused-ring (bicyclic) bond motifs is 2. The number of benzene rings is 2. The summed E-state index contributed by atoms with van der Waals surface area (Å²) >= 11 is 0. The van der Waals surface area contributed by atoms with Gasteiger partial charge in [0.05, 0.1) is 17.9 Å². The number of likely N-dealkylation sites (tertiary alicyclic amines) is 1. The van der Waals surface area contributed by atoms with E-state index in [0.29, 0.717) is 25.4 Å². The largest absolute Gasteiger partial charge is 0.444 e. The quantitative estimate of drug-likeness (QED) is 0.693. The van der Waals surface area contributed by atoms with Crippen LogP contribution in [0.3, 0.4) is 0 Å². The molecule has 2 aromatic carbocycles. The van der Waals surface area contributed by atoms with Crippen LogP contribution in [0, 0.1) is 12.7 Å². The molecule has 3 aliphatic heterocycles. The predicted molar refractivity (Wildman–Crippen MR) is 125 cm³/mol. The van der Waals surface area contributed by atoms with Crippen molar-refractivity contribution in [2.45, 2.75) is 58.2 Å². The SMILES string of the molecule is Cc1ccc2c(c1)COC(=O)N2C1CCN(CC(=O)N2c3c(F)cccc3CCC2C)CC1. The summed E-state index contributed by atoms with van der Waals surface area (Å²) < 4.78 is 20.0. The van der Waals surface area contributed by atoms with Gasteiger partial charge in [0.15, 0.2) is 0 Å². The predicted octanol–water partition coefficient (Wildman–Crippen LogP) is 4.42. The number of piperidine rings is 1. The maximum Gasteiger partial charge on any atom is 0.414 e. The highest BCUT2D eigenvalue weighted by atomic mass is 19.1. The van der Waals surface area contributed by atoms with E-state index >= 15 is 0 Å². The van der Waals surface area contributed by atoms with Gasteiger partial charge in [-0.3, -0.25) is 14.6 Å². The van der Waals surface area contributed by atoms with Crippen LogP contribution in [0.15, 0.2) is 36.4 Å². The first-order valence-corrected chi connectivity index (χ1v) is 11.8. The molecule has 0 N–H and O–H groups in total. The van der Waals surface area contributed by atoms with Gasteiger partial charge in [-0.25, -0.2) is 9.18 Å². The molecule has 1 unspecified atom stereocenters. The van der Waals surface area contributed by atoms with Crippen molar-refractivity contribution < 1.29 is 18.7 Å². The van der Waals surface area contributed by atoms with Gasteiger partial charge in [0.2, 0.25) is 5.91 Å². The van der Waals surface area contributed by atoms with Crippen LogP contribution < -0.4 is 9.80 Å². The summed E-state index contributed by atoms with van der Waals surface area (Å²) in [5, 5.41) is 0. The van der Waals surface area contributed by atoms with Crippen molar-refractivity contribution in [2.75, 3.05) is 29.4 Å². The van der Waals surface area contributed by atoms with Crippen molar-refractivity contribution in [3.63, 3.8) is 0 Å². The van der Waals surface area contributed by atoms with Crippen LogP contribution in [0.1, 0.15) is 42.9 Å². The van der Waals surface area contributed by atoms with Crippen molar-refractivity contribution in [1.82, 2.24) is 4.90 Å². The summed E-state index contributed by atoms with van der Waals surface area (Å²) in [5.74, 6) is -0.395. The summed E-state index contributed by atoms with van der Waals surface area (Å²) in [6.07, 6.45) is 2.85. The number of nitrogens with zero attached hydrogens (tertiary/aromatic N) is 3. The molecule has 2 aromatic rings. The van der Waals surface area contributed by atoms with Crippen molar-refractivity contribution >= 4 is 23.4 Å². The molecule has 3 heterocycles. The zero-order chi connectivity index (χ0) is 23.1. The van der Waals surface area contributed by atoms with Crippen molar-refractivity contribution in [3.8, 4) is 0 Å². The molecule has 2 amide bonds. The number of aryl methyl sites for hydroxylation is 2. The van der Waals surface area contributed by atoms with Gasteiger partial charge in [0.25, 0.3) is 0 Å². The van der Waals surface area contributed by atoms with E-state index < -0.39 is 0 Å². The molecule has 3 aliphatic rings. The molecule has 0 radical (unpaired) electrons. The number of amides is 2. The standard InChI is InChI=1S/C26H30FN3O3/c1-17-6-9-23-20(14-17)16-33-26(32)30(23)21-10-12-28(13-11-21)15-24(31)29-18(2)7-8-19-4-3-5-22(27)25(19)29/h3-6,9,14,18,21H,7-8,10-13,15-16H2,1-2H3. The van der Waals surface area contributed by atoms with E-state index in [1.54, 1.807) is 15.9 Å². The number of para-hydroxylation sites is 1. The molecule has 174 valence electrons. The molecule has 0 saturated carbocycles. The van der Waals surface area contributed by atoms with Gasteiger partial charge < -0.3 is 9.64 Å². The maximum absolute atomic E-state index is 14.6. The number of halogens is 1. The average molecular weight is 452 g/mol. The molecule has 0 spiro atoms. The molecule has 5 rings (SSSR count). The summed E-state index contributed by atoms with van der Waals surface area (Å²) in [6, 6.07) is 11.2. The smallest absolute Gasteiger partial charge is 0.414 e. The fourth-order valence-corrected chi connectivity index (χ4v) is 5.44. The van der Waals surface area contributed by atoms with E-state index in [1.807, 2.05) is 32.0 Å². The Bertz CT molecular complexity index is 1080. The molecule has 7 heteroatoms. The van der Waals surface area contributed by atoms with Crippen LogP contribution in [-0.4, -0.2) is 48.6 Å². The Labute approximate surface area is 193 Å². The first-order valence-electron chi connectivity index (χ1n) is 11.8. The lowest BCUT2D eigenvalue weighted by molar-refractivity contribution is -0.120. The molecule has 1 fully saturated rings. The highest BCUT2D eigenvalue weighted by Crippen LogP contribution is 2.35. The molecule has 0 aliphatic carbocycles. The van der Waals surface area contributed by atoms with Gasteiger partial charge in [-0.05, 0) is 57.2 Å². The third-order valence-electron chi connectivity index (χ3n) is 7.18. The summed E-state index contributed by atoms with van der Waals surface area (Å²) in [5.41, 5.74) is 4.45. The van der Waals surface area contributed by atoms with E-state index in [1.165, 1.54) is 6.07 Å². The second-order valence-electron chi connectivity index (χ2n) is 9.46. The Morgan fingerprint density at radius 3 is 2.70 bits per heavy atom. The zero-order valence-corrected chi connectivity index (χ0v) is 19.2. The number of anilines is 2. The summed E-state index contributed by atoms with van der Waals surface area (Å²) in [4.78, 5) is 31.4. The molecule has 1 saturated heterocycles. The molecule has 0 aromatic heterocycles. The van der Waals surface area contributed by atoms with E-state index in [9.17, 15) is 14.0 Å². The molecule has 1 atom stereocenters. The van der Waals surface area contributed by atoms with Crippen LogP contribution in [0.5, 0.6) is 0 Å². The fourth-order valence-electron chi connectivity index (χ4n) is 5.44.